The highest BCUT2D eigenvalue weighted by atomic mass is 19.1. The zero-order valence-corrected chi connectivity index (χ0v) is 11.2. The van der Waals surface area contributed by atoms with Gasteiger partial charge in [0.1, 0.15) is 5.82 Å². The predicted molar refractivity (Wildman–Crippen MR) is 70.7 cm³/mol. The Labute approximate surface area is 108 Å². The van der Waals surface area contributed by atoms with Gasteiger partial charge >= 0.3 is 0 Å². The van der Waals surface area contributed by atoms with Crippen molar-refractivity contribution in [2.45, 2.75) is 39.3 Å². The molecule has 0 spiro atoms. The summed E-state index contributed by atoms with van der Waals surface area (Å²) in [6.07, 6.45) is 0.448. The van der Waals surface area contributed by atoms with Gasteiger partial charge in [-0.05, 0) is 24.6 Å². The molecule has 0 saturated carbocycles. The first-order valence-electron chi connectivity index (χ1n) is 6.27. The average molecular weight is 252 g/mol. The van der Waals surface area contributed by atoms with Crippen molar-refractivity contribution in [3.63, 3.8) is 0 Å². The highest BCUT2D eigenvalue weighted by molar-refractivity contribution is 5.76. The Morgan fingerprint density at radius 3 is 2.39 bits per heavy atom. The van der Waals surface area contributed by atoms with E-state index in [2.05, 4.69) is 10.6 Å². The smallest absolute Gasteiger partial charge is 0.221 e. The van der Waals surface area contributed by atoms with E-state index in [0.717, 1.165) is 5.56 Å². The maximum absolute atomic E-state index is 12.8. The Morgan fingerprint density at radius 2 is 1.83 bits per heavy atom. The Bertz CT molecular complexity index is 376. The molecular formula is C14H21FN2O. The number of nitrogens with one attached hydrogen (secondary N) is 2. The summed E-state index contributed by atoms with van der Waals surface area (Å²) in [5.41, 5.74) is 0.904. The van der Waals surface area contributed by atoms with Crippen LogP contribution in [-0.4, -0.2) is 18.5 Å². The van der Waals surface area contributed by atoms with Crippen LogP contribution in [0.2, 0.25) is 0 Å². The van der Waals surface area contributed by atoms with Crippen molar-refractivity contribution in [3.05, 3.63) is 35.6 Å². The summed E-state index contributed by atoms with van der Waals surface area (Å²) in [5.74, 6) is -0.265. The highest BCUT2D eigenvalue weighted by Crippen LogP contribution is 2.12. The number of carbonyl (C=O) groups is 1. The van der Waals surface area contributed by atoms with Crippen molar-refractivity contribution in [2.24, 2.45) is 0 Å². The van der Waals surface area contributed by atoms with Gasteiger partial charge in [0, 0.05) is 19.0 Å². The molecule has 18 heavy (non-hydrogen) atoms. The van der Waals surface area contributed by atoms with Crippen molar-refractivity contribution in [3.8, 4) is 0 Å². The van der Waals surface area contributed by atoms with Crippen LogP contribution in [0.1, 0.15) is 38.8 Å². The second-order valence-electron chi connectivity index (χ2n) is 4.70. The maximum Gasteiger partial charge on any atom is 0.221 e. The van der Waals surface area contributed by atoms with Crippen molar-refractivity contribution < 1.29 is 9.18 Å². The van der Waals surface area contributed by atoms with E-state index in [1.807, 2.05) is 20.8 Å². The molecule has 0 bridgehead atoms. The minimum atomic E-state index is -0.265. The summed E-state index contributed by atoms with van der Waals surface area (Å²) >= 11 is 0. The molecule has 1 aromatic rings. The largest absolute Gasteiger partial charge is 0.350 e. The fourth-order valence-electron chi connectivity index (χ4n) is 1.62. The lowest BCUT2D eigenvalue weighted by molar-refractivity contribution is -0.121. The third-order valence-electron chi connectivity index (χ3n) is 2.65. The number of benzene rings is 1. The van der Waals surface area contributed by atoms with Crippen molar-refractivity contribution >= 4 is 5.91 Å². The predicted octanol–water partition coefficient (Wildman–Crippen LogP) is 2.39. The van der Waals surface area contributed by atoms with Crippen LogP contribution < -0.4 is 10.6 Å². The van der Waals surface area contributed by atoms with Gasteiger partial charge < -0.3 is 10.6 Å². The molecule has 3 nitrogen and oxygen atoms in total. The minimum Gasteiger partial charge on any atom is -0.350 e. The highest BCUT2D eigenvalue weighted by Gasteiger charge is 2.09. The van der Waals surface area contributed by atoms with Crippen molar-refractivity contribution in [1.29, 1.82) is 0 Å². The zero-order chi connectivity index (χ0) is 13.5. The normalized spacial score (nSPS) is 12.5. The number of amides is 1. The standard InChI is InChI=1S/C14H21FN2O/c1-10(2)16-9-8-14(18)17-11(3)12-4-6-13(15)7-5-12/h4-7,10-11,16H,8-9H2,1-3H3,(H,17,18). The fourth-order valence-corrected chi connectivity index (χ4v) is 1.62. The van der Waals surface area contributed by atoms with E-state index in [1.54, 1.807) is 12.1 Å². The van der Waals surface area contributed by atoms with E-state index >= 15 is 0 Å². The molecular weight excluding hydrogens is 231 g/mol. The van der Waals surface area contributed by atoms with Crippen LogP contribution in [0.3, 0.4) is 0 Å². The number of rotatable bonds is 6. The molecule has 0 saturated heterocycles. The molecule has 100 valence electrons. The molecule has 0 radical (unpaired) electrons. The molecule has 4 heteroatoms. The van der Waals surface area contributed by atoms with Crippen LogP contribution in [-0.2, 0) is 4.79 Å². The minimum absolute atomic E-state index is 0.0000231. The monoisotopic (exact) mass is 252 g/mol. The first kappa shape index (κ1) is 14.6. The fraction of sp³-hybridized carbons (Fsp3) is 0.500. The van der Waals surface area contributed by atoms with Crippen LogP contribution in [0.15, 0.2) is 24.3 Å². The molecule has 0 heterocycles. The van der Waals surface area contributed by atoms with Crippen LogP contribution in [0.25, 0.3) is 0 Å². The summed E-state index contributed by atoms with van der Waals surface area (Å²) < 4.78 is 12.8. The van der Waals surface area contributed by atoms with E-state index in [9.17, 15) is 9.18 Å². The Morgan fingerprint density at radius 1 is 1.22 bits per heavy atom. The third kappa shape index (κ3) is 5.27. The van der Waals surface area contributed by atoms with Gasteiger partial charge in [0.25, 0.3) is 0 Å². The molecule has 0 aliphatic carbocycles. The van der Waals surface area contributed by atoms with Gasteiger partial charge in [-0.3, -0.25) is 4.79 Å². The lowest BCUT2D eigenvalue weighted by Crippen LogP contribution is -2.31. The topological polar surface area (TPSA) is 41.1 Å². The number of hydrogen-bond acceptors (Lipinski definition) is 2. The molecule has 1 unspecified atom stereocenters. The maximum atomic E-state index is 12.8. The Balaban J connectivity index is 2.37. The second-order valence-corrected chi connectivity index (χ2v) is 4.70. The first-order chi connectivity index (χ1) is 8.49. The van der Waals surface area contributed by atoms with E-state index in [1.165, 1.54) is 12.1 Å². The lowest BCUT2D eigenvalue weighted by Gasteiger charge is -2.15. The summed E-state index contributed by atoms with van der Waals surface area (Å²) in [6.45, 7) is 6.64. The van der Waals surface area contributed by atoms with Gasteiger partial charge in [-0.25, -0.2) is 4.39 Å². The van der Waals surface area contributed by atoms with Gasteiger partial charge in [0.05, 0.1) is 6.04 Å². The Hall–Kier alpha value is -1.42. The average Bonchev–Trinajstić information content (AvgIpc) is 2.29. The third-order valence-corrected chi connectivity index (χ3v) is 2.65. The number of halogens is 1. The first-order valence-corrected chi connectivity index (χ1v) is 6.27. The molecule has 1 amide bonds. The molecule has 0 aliphatic heterocycles. The van der Waals surface area contributed by atoms with Crippen LogP contribution in [0.4, 0.5) is 4.39 Å². The summed E-state index contributed by atoms with van der Waals surface area (Å²) in [5, 5.41) is 6.07. The molecule has 1 atom stereocenters. The molecule has 1 rings (SSSR count). The van der Waals surface area contributed by atoms with E-state index in [4.69, 9.17) is 0 Å². The summed E-state index contributed by atoms with van der Waals surface area (Å²) in [4.78, 5) is 11.7. The Kier molecular flexibility index (Phi) is 5.78. The molecule has 0 fully saturated rings. The summed E-state index contributed by atoms with van der Waals surface area (Å²) in [7, 11) is 0. The van der Waals surface area contributed by atoms with E-state index in [-0.39, 0.29) is 17.8 Å². The van der Waals surface area contributed by atoms with Crippen LogP contribution in [0, 0.1) is 5.82 Å². The van der Waals surface area contributed by atoms with Gasteiger partial charge in [0.2, 0.25) is 5.91 Å². The van der Waals surface area contributed by atoms with E-state index in [0.29, 0.717) is 19.0 Å². The van der Waals surface area contributed by atoms with Crippen molar-refractivity contribution in [2.75, 3.05) is 6.54 Å². The zero-order valence-electron chi connectivity index (χ0n) is 11.2. The quantitative estimate of drug-likeness (QED) is 0.816. The molecule has 0 aromatic heterocycles. The van der Waals surface area contributed by atoms with Gasteiger partial charge in [0.15, 0.2) is 0 Å². The SMILES string of the molecule is CC(C)NCCC(=O)NC(C)c1ccc(F)cc1. The number of carbonyl (C=O) groups excluding carboxylic acids is 1. The molecule has 0 aliphatic rings. The van der Waals surface area contributed by atoms with Crippen LogP contribution in [0.5, 0.6) is 0 Å². The molecule has 2 N–H and O–H groups in total. The van der Waals surface area contributed by atoms with Crippen molar-refractivity contribution in [1.82, 2.24) is 10.6 Å². The summed E-state index contributed by atoms with van der Waals surface area (Å²) in [6, 6.07) is 6.46. The second kappa shape index (κ2) is 7.11. The number of hydrogen-bond donors (Lipinski definition) is 2. The van der Waals surface area contributed by atoms with Crippen LogP contribution >= 0.6 is 0 Å². The van der Waals surface area contributed by atoms with Gasteiger partial charge in [-0.2, -0.15) is 0 Å². The van der Waals surface area contributed by atoms with E-state index < -0.39 is 0 Å². The molecule has 1 aromatic carbocycles. The lowest BCUT2D eigenvalue weighted by atomic mass is 10.1. The van der Waals surface area contributed by atoms with Gasteiger partial charge in [-0.1, -0.05) is 26.0 Å². The van der Waals surface area contributed by atoms with Gasteiger partial charge in [-0.15, -0.1) is 0 Å².